The number of nitrogens with one attached hydrogen (secondary N) is 2. The molecule has 236 valence electrons. The van der Waals surface area contributed by atoms with Crippen molar-refractivity contribution in [3.05, 3.63) is 111 Å². The van der Waals surface area contributed by atoms with E-state index in [-0.39, 0.29) is 35.0 Å². The van der Waals surface area contributed by atoms with Crippen molar-refractivity contribution in [2.45, 2.75) is 38.1 Å². The highest BCUT2D eigenvalue weighted by atomic mass is 79.9. The number of carbonyl (C=O) groups is 2. The van der Waals surface area contributed by atoms with Crippen LogP contribution in [0.2, 0.25) is 0 Å². The van der Waals surface area contributed by atoms with Gasteiger partial charge in [0, 0.05) is 65.8 Å². The minimum Gasteiger partial charge on any atom is -0.334 e. The van der Waals surface area contributed by atoms with Crippen LogP contribution in [-0.2, 0) is 39.2 Å². The largest absolute Gasteiger partial charge is 0.433 e. The quantitative estimate of drug-likeness (QED) is 0.254. The van der Waals surface area contributed by atoms with Crippen LogP contribution in [0, 0.1) is 0 Å². The Kier molecular flexibility index (Phi) is 7.68. The van der Waals surface area contributed by atoms with Gasteiger partial charge >= 0.3 is 6.18 Å². The minimum absolute atomic E-state index is 0.0286. The Bertz CT molecular complexity index is 1970. The van der Waals surface area contributed by atoms with Gasteiger partial charge in [0.25, 0.3) is 11.8 Å². The van der Waals surface area contributed by atoms with Crippen molar-refractivity contribution in [3.63, 3.8) is 0 Å². The van der Waals surface area contributed by atoms with Gasteiger partial charge in [0.05, 0.1) is 17.8 Å². The van der Waals surface area contributed by atoms with Gasteiger partial charge in [0.2, 0.25) is 0 Å². The Labute approximate surface area is 270 Å². The number of aromatic nitrogens is 4. The van der Waals surface area contributed by atoms with E-state index >= 15 is 0 Å². The highest BCUT2D eigenvalue weighted by molar-refractivity contribution is 9.10. The number of carbonyl (C=O) groups excluding carboxylic acids is 2. The van der Waals surface area contributed by atoms with Gasteiger partial charge in [-0.25, -0.2) is 0 Å². The summed E-state index contributed by atoms with van der Waals surface area (Å²) >= 11 is 3.56. The molecule has 0 radical (unpaired) electrons. The summed E-state index contributed by atoms with van der Waals surface area (Å²) in [6, 6.07) is 20.0. The number of rotatable bonds is 4. The van der Waals surface area contributed by atoms with Crippen LogP contribution in [0.4, 0.5) is 18.9 Å². The van der Waals surface area contributed by atoms with Gasteiger partial charge in [0.15, 0.2) is 0 Å². The molecule has 5 aromatic rings. The predicted octanol–water partition coefficient (Wildman–Crippen LogP) is 5.64. The van der Waals surface area contributed by atoms with E-state index in [1.165, 1.54) is 18.2 Å². The molecule has 46 heavy (non-hydrogen) atoms. The van der Waals surface area contributed by atoms with E-state index in [9.17, 15) is 22.8 Å². The lowest BCUT2D eigenvalue weighted by Gasteiger charge is -2.29. The van der Waals surface area contributed by atoms with E-state index in [0.29, 0.717) is 37.3 Å². The van der Waals surface area contributed by atoms with Crippen LogP contribution in [0.1, 0.15) is 48.9 Å². The molecule has 2 N–H and O–H groups in total. The molecule has 0 fully saturated rings. The Morgan fingerprint density at radius 1 is 1.04 bits per heavy atom. The Morgan fingerprint density at radius 3 is 2.63 bits per heavy atom. The second kappa shape index (κ2) is 11.7. The summed E-state index contributed by atoms with van der Waals surface area (Å²) in [6.45, 7) is 1.41. The Morgan fingerprint density at radius 2 is 1.85 bits per heavy atom. The SMILES string of the molecule is Cn1nc2c(c1C(=O)N1C[C@@H](Cc3ccccc3)NCc3cc(Br)ccc31)CN(C(=O)c1ccc3n[nH]c(C(F)(F)F)c3c1)CC2. The number of halogens is 4. The molecule has 0 unspecified atom stereocenters. The predicted molar refractivity (Wildman–Crippen MR) is 169 cm³/mol. The molecule has 7 rings (SSSR count). The highest BCUT2D eigenvalue weighted by Crippen LogP contribution is 2.34. The van der Waals surface area contributed by atoms with Crippen molar-refractivity contribution < 1.29 is 22.8 Å². The first kappa shape index (κ1) is 30.2. The zero-order valence-corrected chi connectivity index (χ0v) is 26.3. The van der Waals surface area contributed by atoms with Crippen molar-refractivity contribution in [1.82, 2.24) is 30.2 Å². The molecule has 0 aliphatic carbocycles. The molecule has 2 amide bonds. The third-order valence-corrected chi connectivity index (χ3v) is 9.15. The van der Waals surface area contributed by atoms with Crippen LogP contribution >= 0.6 is 15.9 Å². The third-order valence-electron chi connectivity index (χ3n) is 8.66. The van der Waals surface area contributed by atoms with Gasteiger partial charge in [0.1, 0.15) is 11.4 Å². The third kappa shape index (κ3) is 5.58. The smallest absolute Gasteiger partial charge is 0.334 e. The number of H-pyrrole nitrogens is 1. The van der Waals surface area contributed by atoms with E-state index in [2.05, 4.69) is 43.6 Å². The normalized spacial score (nSPS) is 16.7. The first-order valence-electron chi connectivity index (χ1n) is 14.8. The molecule has 9 nitrogen and oxygen atoms in total. The molecule has 2 aliphatic rings. The molecule has 3 aromatic carbocycles. The van der Waals surface area contributed by atoms with E-state index < -0.39 is 17.8 Å². The Hall–Kier alpha value is -4.49. The monoisotopic (exact) mass is 691 g/mol. The van der Waals surface area contributed by atoms with Crippen LogP contribution in [0.5, 0.6) is 0 Å². The summed E-state index contributed by atoms with van der Waals surface area (Å²) in [6.07, 6.45) is -3.51. The number of hydrogen-bond acceptors (Lipinski definition) is 5. The second-order valence-corrected chi connectivity index (χ2v) is 12.6. The molecule has 13 heteroatoms. The zero-order chi connectivity index (χ0) is 32.2. The topological polar surface area (TPSA) is 99.2 Å². The lowest BCUT2D eigenvalue weighted by atomic mass is 10.0. The van der Waals surface area contributed by atoms with Crippen LogP contribution in [0.3, 0.4) is 0 Å². The van der Waals surface area contributed by atoms with Crippen molar-refractivity contribution >= 4 is 44.3 Å². The molecule has 1 atom stereocenters. The Balaban J connectivity index is 1.20. The summed E-state index contributed by atoms with van der Waals surface area (Å²) < 4.78 is 43.1. The average molecular weight is 693 g/mol. The maximum atomic E-state index is 14.6. The average Bonchev–Trinajstić information content (AvgIpc) is 3.56. The number of benzene rings is 3. The van der Waals surface area contributed by atoms with Crippen molar-refractivity contribution in [2.24, 2.45) is 7.05 Å². The first-order valence-corrected chi connectivity index (χ1v) is 15.6. The van der Waals surface area contributed by atoms with E-state index in [4.69, 9.17) is 0 Å². The van der Waals surface area contributed by atoms with Crippen LogP contribution < -0.4 is 10.2 Å². The fourth-order valence-corrected chi connectivity index (χ4v) is 6.84. The van der Waals surface area contributed by atoms with Crippen molar-refractivity contribution in [1.29, 1.82) is 0 Å². The fraction of sp³-hybridized carbons (Fsp3) is 0.273. The van der Waals surface area contributed by atoms with E-state index in [1.807, 2.05) is 41.5 Å². The second-order valence-electron chi connectivity index (χ2n) is 11.7. The number of aromatic amines is 1. The number of fused-ring (bicyclic) bond motifs is 3. The first-order chi connectivity index (χ1) is 22.1. The number of anilines is 1. The maximum absolute atomic E-state index is 14.6. The van der Waals surface area contributed by atoms with Gasteiger partial charge < -0.3 is 15.1 Å². The molecule has 2 aromatic heterocycles. The van der Waals surface area contributed by atoms with Gasteiger partial charge in [-0.3, -0.25) is 19.4 Å². The van der Waals surface area contributed by atoms with Gasteiger partial charge in [-0.2, -0.15) is 23.4 Å². The van der Waals surface area contributed by atoms with Crippen LogP contribution in [0.25, 0.3) is 10.9 Å². The van der Waals surface area contributed by atoms with Gasteiger partial charge in [-0.15, -0.1) is 0 Å². The molecular weight excluding hydrogens is 663 g/mol. The number of alkyl halides is 3. The van der Waals surface area contributed by atoms with Gasteiger partial charge in [-0.1, -0.05) is 46.3 Å². The minimum atomic E-state index is -4.64. The molecule has 4 heterocycles. The molecule has 0 bridgehead atoms. The molecule has 0 saturated carbocycles. The van der Waals surface area contributed by atoms with Gasteiger partial charge in [-0.05, 0) is 53.9 Å². The molecule has 0 saturated heterocycles. The lowest BCUT2D eigenvalue weighted by Crippen LogP contribution is -2.43. The summed E-state index contributed by atoms with van der Waals surface area (Å²) in [4.78, 5) is 31.6. The summed E-state index contributed by atoms with van der Waals surface area (Å²) in [5.74, 6) is -0.660. The van der Waals surface area contributed by atoms with E-state index in [0.717, 1.165) is 33.4 Å². The fourth-order valence-electron chi connectivity index (χ4n) is 6.44. The van der Waals surface area contributed by atoms with Crippen LogP contribution in [0.15, 0.2) is 71.2 Å². The summed E-state index contributed by atoms with van der Waals surface area (Å²) in [7, 11) is 1.73. The number of amides is 2. The number of hydrogen-bond donors (Lipinski definition) is 2. The summed E-state index contributed by atoms with van der Waals surface area (Å²) in [5, 5.41) is 13.9. The lowest BCUT2D eigenvalue weighted by molar-refractivity contribution is -0.139. The maximum Gasteiger partial charge on any atom is 0.433 e. The van der Waals surface area contributed by atoms with E-state index in [1.54, 1.807) is 21.5 Å². The zero-order valence-electron chi connectivity index (χ0n) is 24.7. The van der Waals surface area contributed by atoms with Crippen LogP contribution in [-0.4, -0.2) is 55.8 Å². The van der Waals surface area contributed by atoms with Crippen molar-refractivity contribution in [2.75, 3.05) is 18.0 Å². The molecular formula is C33H29BrF3N7O2. The standard InChI is InChI=1S/C33H29BrF3N7O2/c1-42-29(32(46)44-17-23(13-19-5-3-2-4-6-19)38-16-21-14-22(34)8-10-28(21)44)25-18-43(12-11-27(25)41-42)31(45)20-7-9-26-24(15-20)30(40-39-26)33(35,36)37/h2-10,14-15,23,38H,11-13,16-18H2,1H3,(H,39,40)/t23-/m1/s1. The van der Waals surface area contributed by atoms with Crippen molar-refractivity contribution in [3.8, 4) is 0 Å². The molecule has 2 aliphatic heterocycles. The highest BCUT2D eigenvalue weighted by Gasteiger charge is 2.37. The number of nitrogens with zero attached hydrogens (tertiary/aromatic N) is 5. The number of aryl methyl sites for hydroxylation is 1. The summed E-state index contributed by atoms with van der Waals surface area (Å²) in [5.41, 5.74) is 3.91. The molecule has 0 spiro atoms.